The average Bonchev–Trinajstić information content (AvgIpc) is 2.93. The summed E-state index contributed by atoms with van der Waals surface area (Å²) in [7, 11) is -4.31. The Labute approximate surface area is 228 Å². The summed E-state index contributed by atoms with van der Waals surface area (Å²) >= 11 is 0. The number of likely N-dealkylation sites (N-methyl/N-ethyl adjacent to an activating group) is 1. The number of hydrogen-bond donors (Lipinski definition) is 1. The van der Waals surface area contributed by atoms with E-state index in [0.717, 1.165) is 21.5 Å². The van der Waals surface area contributed by atoms with Gasteiger partial charge in [-0.1, -0.05) is 55.5 Å². The smallest absolute Gasteiger partial charge is 0.271 e. The Hall–Kier alpha value is -4.25. The maximum atomic E-state index is 14.0. The number of hydrogen-bond acceptors (Lipinski definition) is 6. The fourth-order valence-electron chi connectivity index (χ4n) is 4.19. The van der Waals surface area contributed by atoms with Gasteiger partial charge in [-0.3, -0.25) is 24.0 Å². The zero-order valence-corrected chi connectivity index (χ0v) is 22.9. The number of nitrogens with zero attached hydrogens (tertiary/aromatic N) is 3. The van der Waals surface area contributed by atoms with Gasteiger partial charge in [0.05, 0.1) is 15.5 Å². The second kappa shape index (κ2) is 13.0. The van der Waals surface area contributed by atoms with Gasteiger partial charge in [0.25, 0.3) is 15.7 Å². The van der Waals surface area contributed by atoms with Crippen LogP contribution >= 0.6 is 0 Å². The van der Waals surface area contributed by atoms with Crippen molar-refractivity contribution in [3.8, 4) is 0 Å². The molecular formula is C28H32N4O6S. The molecule has 0 aliphatic heterocycles. The maximum absolute atomic E-state index is 14.0. The van der Waals surface area contributed by atoms with Crippen LogP contribution in [0.25, 0.3) is 0 Å². The fourth-order valence-corrected chi connectivity index (χ4v) is 5.62. The fraction of sp³-hybridized carbons (Fsp3) is 0.286. The zero-order valence-electron chi connectivity index (χ0n) is 22.1. The van der Waals surface area contributed by atoms with Crippen molar-refractivity contribution in [3.05, 3.63) is 100 Å². The van der Waals surface area contributed by atoms with Crippen molar-refractivity contribution >= 4 is 33.2 Å². The van der Waals surface area contributed by atoms with Crippen LogP contribution in [0.5, 0.6) is 0 Å². The molecule has 2 amide bonds. The lowest BCUT2D eigenvalue weighted by molar-refractivity contribution is -0.384. The Morgan fingerprint density at radius 2 is 1.64 bits per heavy atom. The van der Waals surface area contributed by atoms with Gasteiger partial charge < -0.3 is 10.2 Å². The number of amides is 2. The molecule has 206 valence electrons. The van der Waals surface area contributed by atoms with Gasteiger partial charge in [0.15, 0.2) is 0 Å². The summed E-state index contributed by atoms with van der Waals surface area (Å²) in [5.74, 6) is -0.975. The third-order valence-electron chi connectivity index (χ3n) is 6.28. The Morgan fingerprint density at radius 1 is 0.974 bits per heavy atom. The first-order chi connectivity index (χ1) is 18.6. The van der Waals surface area contributed by atoms with E-state index < -0.39 is 33.4 Å². The summed E-state index contributed by atoms with van der Waals surface area (Å²) in [6.45, 7) is 5.21. The first-order valence-electron chi connectivity index (χ1n) is 12.5. The van der Waals surface area contributed by atoms with E-state index >= 15 is 0 Å². The molecule has 0 heterocycles. The van der Waals surface area contributed by atoms with Crippen molar-refractivity contribution in [2.45, 2.75) is 44.7 Å². The Bertz CT molecular complexity index is 1430. The highest BCUT2D eigenvalue weighted by Crippen LogP contribution is 2.28. The van der Waals surface area contributed by atoms with E-state index in [9.17, 15) is 28.1 Å². The molecular weight excluding hydrogens is 520 g/mol. The Morgan fingerprint density at radius 3 is 2.26 bits per heavy atom. The van der Waals surface area contributed by atoms with E-state index in [-0.39, 0.29) is 28.7 Å². The van der Waals surface area contributed by atoms with Crippen molar-refractivity contribution < 1.29 is 22.9 Å². The molecule has 0 aromatic heterocycles. The van der Waals surface area contributed by atoms with Crippen molar-refractivity contribution in [3.63, 3.8) is 0 Å². The molecule has 3 rings (SSSR count). The highest BCUT2D eigenvalue weighted by molar-refractivity contribution is 7.92. The molecule has 10 nitrogen and oxygen atoms in total. The lowest BCUT2D eigenvalue weighted by Crippen LogP contribution is -2.52. The number of nitro benzene ring substituents is 1. The predicted octanol–water partition coefficient (Wildman–Crippen LogP) is 4.04. The molecule has 3 aromatic rings. The normalized spacial score (nSPS) is 11.9. The largest absolute Gasteiger partial charge is 0.355 e. The number of sulfonamides is 1. The molecule has 0 saturated heterocycles. The van der Waals surface area contributed by atoms with Gasteiger partial charge >= 0.3 is 0 Å². The number of non-ortho nitro benzene ring substituents is 1. The minimum Gasteiger partial charge on any atom is -0.355 e. The summed E-state index contributed by atoms with van der Waals surface area (Å²) < 4.78 is 28.4. The monoisotopic (exact) mass is 552 g/mol. The Kier molecular flexibility index (Phi) is 9.78. The third kappa shape index (κ3) is 6.99. The van der Waals surface area contributed by atoms with E-state index in [2.05, 4.69) is 5.32 Å². The second-order valence-electron chi connectivity index (χ2n) is 8.87. The molecule has 0 unspecified atom stereocenters. The molecule has 0 aliphatic carbocycles. The minimum absolute atomic E-state index is 0.0386. The number of carbonyl (C=O) groups excluding carboxylic acids is 2. The lowest BCUT2D eigenvalue weighted by Gasteiger charge is -2.33. The predicted molar refractivity (Wildman–Crippen MR) is 149 cm³/mol. The molecule has 0 fully saturated rings. The number of anilines is 1. The van der Waals surface area contributed by atoms with Crippen LogP contribution in [0.1, 0.15) is 31.4 Å². The highest BCUT2D eigenvalue weighted by Gasteiger charge is 2.34. The molecule has 0 spiro atoms. The summed E-state index contributed by atoms with van der Waals surface area (Å²) in [6.07, 6.45) is 0.297. The van der Waals surface area contributed by atoms with E-state index in [1.165, 1.54) is 35.2 Å². The second-order valence-corrected chi connectivity index (χ2v) is 10.7. The summed E-state index contributed by atoms with van der Waals surface area (Å²) in [5, 5.41) is 14.2. The molecule has 3 aromatic carbocycles. The van der Waals surface area contributed by atoms with Crippen LogP contribution in [0.2, 0.25) is 0 Å². The standard InChI is InChI=1S/C28H32N4O6S/c1-4-26(28(34)29-5-2)30(19-22-13-10-9-12-21(22)3)27(33)20-31(23-14-11-15-24(18-23)32(35)36)39(37,38)25-16-7-6-8-17-25/h6-18,26H,4-5,19-20H2,1-3H3,(H,29,34)/t26-/m1/s1. The lowest BCUT2D eigenvalue weighted by atomic mass is 10.1. The van der Waals surface area contributed by atoms with Crippen LogP contribution in [-0.2, 0) is 26.2 Å². The Balaban J connectivity index is 2.10. The van der Waals surface area contributed by atoms with Gasteiger partial charge in [-0.2, -0.15) is 0 Å². The number of rotatable bonds is 12. The van der Waals surface area contributed by atoms with Crippen LogP contribution in [0, 0.1) is 17.0 Å². The van der Waals surface area contributed by atoms with E-state index in [1.54, 1.807) is 32.0 Å². The summed E-state index contributed by atoms with van der Waals surface area (Å²) in [6, 6.07) is 19.2. The van der Waals surface area contributed by atoms with Crippen LogP contribution in [-0.4, -0.2) is 49.2 Å². The maximum Gasteiger partial charge on any atom is 0.271 e. The van der Waals surface area contributed by atoms with E-state index in [4.69, 9.17) is 0 Å². The number of aryl methyl sites for hydroxylation is 1. The molecule has 1 atom stereocenters. The first kappa shape index (κ1) is 29.3. The molecule has 39 heavy (non-hydrogen) atoms. The average molecular weight is 553 g/mol. The van der Waals surface area contributed by atoms with Gasteiger partial charge in [-0.05, 0) is 49.6 Å². The van der Waals surface area contributed by atoms with Gasteiger partial charge in [0, 0.05) is 25.2 Å². The topological polar surface area (TPSA) is 130 Å². The van der Waals surface area contributed by atoms with Gasteiger partial charge in [0.2, 0.25) is 11.8 Å². The van der Waals surface area contributed by atoms with Gasteiger partial charge in [-0.25, -0.2) is 8.42 Å². The van der Waals surface area contributed by atoms with Crippen LogP contribution < -0.4 is 9.62 Å². The summed E-state index contributed by atoms with van der Waals surface area (Å²) in [5.41, 5.74) is 1.36. The number of carbonyl (C=O) groups is 2. The van der Waals surface area contributed by atoms with Gasteiger partial charge in [0.1, 0.15) is 12.6 Å². The van der Waals surface area contributed by atoms with Gasteiger partial charge in [-0.15, -0.1) is 0 Å². The molecule has 0 bridgehead atoms. The third-order valence-corrected chi connectivity index (χ3v) is 8.07. The van der Waals surface area contributed by atoms with Crippen molar-refractivity contribution in [2.75, 3.05) is 17.4 Å². The van der Waals surface area contributed by atoms with Crippen molar-refractivity contribution in [1.29, 1.82) is 0 Å². The van der Waals surface area contributed by atoms with Crippen molar-refractivity contribution in [1.82, 2.24) is 10.2 Å². The molecule has 0 radical (unpaired) electrons. The first-order valence-corrected chi connectivity index (χ1v) is 14.0. The highest BCUT2D eigenvalue weighted by atomic mass is 32.2. The summed E-state index contributed by atoms with van der Waals surface area (Å²) in [4.78, 5) is 39.0. The van der Waals surface area contributed by atoms with Crippen molar-refractivity contribution in [2.24, 2.45) is 0 Å². The SMILES string of the molecule is CCNC(=O)[C@@H](CC)N(Cc1ccccc1C)C(=O)CN(c1cccc([N+](=O)[O-])c1)S(=O)(=O)c1ccccc1. The van der Waals surface area contributed by atoms with Crippen LogP contribution in [0.15, 0.2) is 83.8 Å². The number of nitro groups is 1. The molecule has 0 aliphatic rings. The molecule has 1 N–H and O–H groups in total. The molecule has 0 saturated carbocycles. The van der Waals surface area contributed by atoms with E-state index in [1.807, 2.05) is 31.2 Å². The minimum atomic E-state index is -4.31. The number of benzene rings is 3. The van der Waals surface area contributed by atoms with E-state index in [0.29, 0.717) is 13.0 Å². The number of nitrogens with one attached hydrogen (secondary N) is 1. The molecule has 11 heteroatoms. The van der Waals surface area contributed by atoms with Crippen LogP contribution in [0.3, 0.4) is 0 Å². The quantitative estimate of drug-likeness (QED) is 0.267. The van der Waals surface area contributed by atoms with Crippen LogP contribution in [0.4, 0.5) is 11.4 Å². The zero-order chi connectivity index (χ0) is 28.6.